The van der Waals surface area contributed by atoms with Gasteiger partial charge in [0.2, 0.25) is 11.8 Å². The fourth-order valence-corrected chi connectivity index (χ4v) is 5.29. The summed E-state index contributed by atoms with van der Waals surface area (Å²) >= 11 is 5.94. The number of nitrogens with one attached hydrogen (secondary N) is 1. The van der Waals surface area contributed by atoms with Crippen molar-refractivity contribution in [2.45, 2.75) is 31.3 Å². The highest BCUT2D eigenvalue weighted by Crippen LogP contribution is 2.28. The van der Waals surface area contributed by atoms with Crippen LogP contribution in [0.5, 0.6) is 0 Å². The summed E-state index contributed by atoms with van der Waals surface area (Å²) in [5.41, 5.74) is 1.77. The van der Waals surface area contributed by atoms with Crippen molar-refractivity contribution in [3.63, 3.8) is 0 Å². The fourth-order valence-electron chi connectivity index (χ4n) is 3.69. The van der Waals surface area contributed by atoms with E-state index in [4.69, 9.17) is 11.6 Å². The van der Waals surface area contributed by atoms with Crippen LogP contribution in [0.2, 0.25) is 5.02 Å². The molecule has 0 unspecified atom stereocenters. The number of amides is 2. The summed E-state index contributed by atoms with van der Waals surface area (Å²) in [5, 5.41) is 2.24. The average molecular weight is 532 g/mol. The third-order valence-corrected chi connectivity index (χ3v) is 7.73. The minimum Gasteiger partial charge on any atom is -0.357 e. The minimum atomic E-state index is -4.24. The third-order valence-electron chi connectivity index (χ3n) is 5.65. The average Bonchev–Trinajstić information content (AvgIpc) is 2.87. The zero-order valence-electron chi connectivity index (χ0n) is 20.1. The highest BCUT2D eigenvalue weighted by atomic mass is 35.5. The lowest BCUT2D eigenvalue weighted by Crippen LogP contribution is -2.50. The normalized spacial score (nSPS) is 12.0. The van der Waals surface area contributed by atoms with Gasteiger partial charge in [-0.15, -0.1) is 0 Å². The van der Waals surface area contributed by atoms with E-state index in [-0.39, 0.29) is 22.2 Å². The van der Waals surface area contributed by atoms with Crippen molar-refractivity contribution in [3.8, 4) is 0 Å². The Labute approximate surface area is 215 Å². The van der Waals surface area contributed by atoms with Gasteiger partial charge in [0.15, 0.2) is 0 Å². The first-order chi connectivity index (χ1) is 17.0. The molecule has 0 saturated heterocycles. The molecule has 1 atom stereocenters. The lowest BCUT2D eigenvalue weighted by molar-refractivity contribution is -0.139. The van der Waals surface area contributed by atoms with Crippen molar-refractivity contribution in [1.82, 2.24) is 10.2 Å². The Balaban J connectivity index is 2.05. The summed E-state index contributed by atoms with van der Waals surface area (Å²) in [4.78, 5) is 27.4. The van der Waals surface area contributed by atoms with Crippen molar-refractivity contribution in [2.75, 3.05) is 17.9 Å². The number of hydrogen-bond donors (Lipinski definition) is 1. The van der Waals surface area contributed by atoms with Gasteiger partial charge in [0.05, 0.1) is 15.6 Å². The number of halogens is 2. The van der Waals surface area contributed by atoms with E-state index < -0.39 is 40.2 Å². The highest BCUT2D eigenvalue weighted by molar-refractivity contribution is 7.92. The van der Waals surface area contributed by atoms with Crippen LogP contribution in [0.3, 0.4) is 0 Å². The molecule has 1 N–H and O–H groups in total. The second-order valence-electron chi connectivity index (χ2n) is 8.22. The molecule has 10 heteroatoms. The zero-order valence-corrected chi connectivity index (χ0v) is 21.7. The molecule has 0 heterocycles. The van der Waals surface area contributed by atoms with Crippen LogP contribution in [0.15, 0.2) is 77.7 Å². The van der Waals surface area contributed by atoms with Gasteiger partial charge < -0.3 is 10.2 Å². The number of nitrogens with zero attached hydrogens (tertiary/aromatic N) is 2. The molecular weight excluding hydrogens is 505 g/mol. The van der Waals surface area contributed by atoms with E-state index in [0.29, 0.717) is 0 Å². The predicted octanol–water partition coefficient (Wildman–Crippen LogP) is 4.15. The molecule has 0 fully saturated rings. The molecule has 190 valence electrons. The van der Waals surface area contributed by atoms with Crippen molar-refractivity contribution in [2.24, 2.45) is 0 Å². The van der Waals surface area contributed by atoms with Crippen LogP contribution < -0.4 is 9.62 Å². The first kappa shape index (κ1) is 27.2. The molecule has 0 aliphatic carbocycles. The number of likely N-dealkylation sites (N-methyl/N-ethyl adjacent to an activating group) is 1. The quantitative estimate of drug-likeness (QED) is 0.449. The Morgan fingerprint density at radius 3 is 2.33 bits per heavy atom. The minimum absolute atomic E-state index is 0.0155. The lowest BCUT2D eigenvalue weighted by Gasteiger charge is -2.32. The number of hydrogen-bond acceptors (Lipinski definition) is 4. The Morgan fingerprint density at radius 1 is 1.03 bits per heavy atom. The van der Waals surface area contributed by atoms with Gasteiger partial charge in [-0.2, -0.15) is 0 Å². The van der Waals surface area contributed by atoms with Gasteiger partial charge in [-0.1, -0.05) is 59.6 Å². The van der Waals surface area contributed by atoms with E-state index in [0.717, 1.165) is 27.6 Å². The molecule has 0 spiro atoms. The number of aryl methyl sites for hydroxylation is 1. The van der Waals surface area contributed by atoms with Crippen LogP contribution in [-0.2, 0) is 26.2 Å². The van der Waals surface area contributed by atoms with Crippen molar-refractivity contribution in [3.05, 3.63) is 94.8 Å². The van der Waals surface area contributed by atoms with Gasteiger partial charge in [-0.05, 0) is 49.7 Å². The zero-order chi connectivity index (χ0) is 26.5. The van der Waals surface area contributed by atoms with Crippen molar-refractivity contribution in [1.29, 1.82) is 0 Å². The predicted molar refractivity (Wildman–Crippen MR) is 138 cm³/mol. The molecule has 0 bridgehead atoms. The van der Waals surface area contributed by atoms with Crippen LogP contribution in [0, 0.1) is 12.7 Å². The Kier molecular flexibility index (Phi) is 8.70. The summed E-state index contributed by atoms with van der Waals surface area (Å²) in [7, 11) is -2.78. The van der Waals surface area contributed by atoms with Gasteiger partial charge >= 0.3 is 0 Å². The van der Waals surface area contributed by atoms with E-state index >= 15 is 0 Å². The van der Waals surface area contributed by atoms with Crippen molar-refractivity contribution < 1.29 is 22.4 Å². The molecule has 3 aromatic carbocycles. The molecule has 0 aliphatic heterocycles. The van der Waals surface area contributed by atoms with Crippen LogP contribution in [0.25, 0.3) is 0 Å². The molecule has 0 radical (unpaired) electrons. The smallest absolute Gasteiger partial charge is 0.264 e. The number of sulfonamides is 1. The summed E-state index contributed by atoms with van der Waals surface area (Å²) in [6.07, 6.45) is 0. The molecule has 0 aromatic heterocycles. The van der Waals surface area contributed by atoms with Crippen LogP contribution in [0.4, 0.5) is 10.1 Å². The van der Waals surface area contributed by atoms with Gasteiger partial charge in [-0.25, -0.2) is 12.8 Å². The number of anilines is 1. The first-order valence-corrected chi connectivity index (χ1v) is 13.0. The molecule has 0 saturated carbocycles. The second kappa shape index (κ2) is 11.5. The maximum atomic E-state index is 13.9. The maximum absolute atomic E-state index is 13.9. The number of benzene rings is 3. The summed E-state index contributed by atoms with van der Waals surface area (Å²) in [6, 6.07) is 17.6. The monoisotopic (exact) mass is 531 g/mol. The number of carbonyl (C=O) groups excluding carboxylic acids is 2. The van der Waals surface area contributed by atoms with Gasteiger partial charge in [-0.3, -0.25) is 13.9 Å². The Morgan fingerprint density at radius 2 is 1.72 bits per heavy atom. The van der Waals surface area contributed by atoms with Gasteiger partial charge in [0.25, 0.3) is 10.0 Å². The SMILES string of the molecule is CNC(=O)[C@H](C)N(Cc1cccc(C)c1)C(=O)CN(c1ccc(F)c(Cl)c1)S(=O)(=O)c1ccccc1. The maximum Gasteiger partial charge on any atom is 0.264 e. The molecular formula is C26H27ClFN3O4S. The second-order valence-corrected chi connectivity index (χ2v) is 10.5. The number of rotatable bonds is 9. The van der Waals surface area contributed by atoms with E-state index in [1.165, 1.54) is 30.1 Å². The molecule has 3 aromatic rings. The summed E-state index contributed by atoms with van der Waals surface area (Å²) in [5.74, 6) is -1.75. The molecule has 7 nitrogen and oxygen atoms in total. The molecule has 2 amide bonds. The standard InChI is InChI=1S/C26H27ClFN3O4S/c1-18-8-7-9-20(14-18)16-30(19(2)26(33)29-3)25(32)17-31(21-12-13-24(28)23(27)15-21)36(34,35)22-10-5-4-6-11-22/h4-15,19H,16-17H2,1-3H3,(H,29,33)/t19-/m0/s1. The van der Waals surface area contributed by atoms with E-state index in [1.54, 1.807) is 25.1 Å². The first-order valence-electron chi connectivity index (χ1n) is 11.1. The fraction of sp³-hybridized carbons (Fsp3) is 0.231. The summed E-state index contributed by atoms with van der Waals surface area (Å²) < 4.78 is 41.9. The van der Waals surface area contributed by atoms with Crippen LogP contribution in [0.1, 0.15) is 18.1 Å². The Hall–Kier alpha value is -3.43. The largest absolute Gasteiger partial charge is 0.357 e. The summed E-state index contributed by atoms with van der Waals surface area (Å²) in [6.45, 7) is 2.92. The van der Waals surface area contributed by atoms with E-state index in [2.05, 4.69) is 5.32 Å². The van der Waals surface area contributed by atoms with E-state index in [9.17, 15) is 22.4 Å². The lowest BCUT2D eigenvalue weighted by atomic mass is 10.1. The van der Waals surface area contributed by atoms with Gasteiger partial charge in [0, 0.05) is 13.6 Å². The third kappa shape index (κ3) is 6.22. The van der Waals surface area contributed by atoms with Crippen molar-refractivity contribution >= 4 is 39.1 Å². The van der Waals surface area contributed by atoms with Crippen LogP contribution in [-0.4, -0.2) is 44.8 Å². The molecule has 0 aliphatic rings. The Bertz CT molecular complexity index is 1350. The van der Waals surface area contributed by atoms with Gasteiger partial charge in [0.1, 0.15) is 18.4 Å². The number of carbonyl (C=O) groups is 2. The topological polar surface area (TPSA) is 86.8 Å². The van der Waals surface area contributed by atoms with Crippen LogP contribution >= 0.6 is 11.6 Å². The molecule has 36 heavy (non-hydrogen) atoms. The van der Waals surface area contributed by atoms with E-state index in [1.807, 2.05) is 31.2 Å². The highest BCUT2D eigenvalue weighted by Gasteiger charge is 2.32. The molecule has 3 rings (SSSR count).